The normalized spacial score (nSPS) is 11.3. The second kappa shape index (κ2) is 15.0. The van der Waals surface area contributed by atoms with E-state index in [4.69, 9.17) is 0 Å². The Morgan fingerprint density at radius 3 is 2.11 bits per heavy atom. The first-order valence-corrected chi connectivity index (χ1v) is 6.95. The number of hydrogen-bond donors (Lipinski definition) is 2. The maximum Gasteiger partial charge on any atom is 0.191 e. The van der Waals surface area contributed by atoms with Crippen molar-refractivity contribution in [3.05, 3.63) is 0 Å². The molecule has 0 aliphatic rings. The Bertz CT molecular complexity index is 193. The standard InChI is InChI=1S/C13H30N4.HI/c1-5-8-9-10-15-13(14-4)16-11-12-17(6-2)7-3;/h5-12H2,1-4H3,(H2,14,15,16);1H. The van der Waals surface area contributed by atoms with Gasteiger partial charge in [-0.15, -0.1) is 24.0 Å². The fourth-order valence-electron chi connectivity index (χ4n) is 1.67. The fraction of sp³-hybridized carbons (Fsp3) is 0.923. The van der Waals surface area contributed by atoms with Crippen LogP contribution in [0.3, 0.4) is 0 Å². The van der Waals surface area contributed by atoms with Gasteiger partial charge in [-0.05, 0) is 19.5 Å². The summed E-state index contributed by atoms with van der Waals surface area (Å²) in [5, 5.41) is 6.68. The minimum atomic E-state index is 0. The monoisotopic (exact) mass is 370 g/mol. The van der Waals surface area contributed by atoms with Crippen LogP contribution in [0.25, 0.3) is 0 Å². The highest BCUT2D eigenvalue weighted by Crippen LogP contribution is 1.90. The van der Waals surface area contributed by atoms with E-state index < -0.39 is 0 Å². The summed E-state index contributed by atoms with van der Waals surface area (Å²) in [7, 11) is 1.83. The van der Waals surface area contributed by atoms with Crippen LogP contribution in [0.15, 0.2) is 4.99 Å². The summed E-state index contributed by atoms with van der Waals surface area (Å²) in [6.45, 7) is 11.9. The Kier molecular flexibility index (Phi) is 16.9. The van der Waals surface area contributed by atoms with Crippen LogP contribution in [0.2, 0.25) is 0 Å². The minimum Gasteiger partial charge on any atom is -0.356 e. The number of rotatable bonds is 9. The Hall–Kier alpha value is -0.0400. The van der Waals surface area contributed by atoms with Crippen molar-refractivity contribution in [2.24, 2.45) is 4.99 Å². The topological polar surface area (TPSA) is 39.7 Å². The van der Waals surface area contributed by atoms with Crippen molar-refractivity contribution < 1.29 is 0 Å². The molecule has 5 heteroatoms. The lowest BCUT2D eigenvalue weighted by molar-refractivity contribution is 0.308. The summed E-state index contributed by atoms with van der Waals surface area (Å²) in [5.41, 5.74) is 0. The van der Waals surface area contributed by atoms with E-state index in [1.54, 1.807) is 0 Å². The Labute approximate surface area is 130 Å². The molecular formula is C13H31IN4. The summed E-state index contributed by atoms with van der Waals surface area (Å²) in [6.07, 6.45) is 3.76. The van der Waals surface area contributed by atoms with Crippen LogP contribution in [-0.2, 0) is 0 Å². The molecule has 0 fully saturated rings. The molecule has 0 bridgehead atoms. The average molecular weight is 370 g/mol. The van der Waals surface area contributed by atoms with E-state index in [0.717, 1.165) is 38.7 Å². The third kappa shape index (κ3) is 11.1. The van der Waals surface area contributed by atoms with E-state index in [9.17, 15) is 0 Å². The molecule has 0 aromatic carbocycles. The lowest BCUT2D eigenvalue weighted by Crippen LogP contribution is -2.41. The Balaban J connectivity index is 0. The van der Waals surface area contributed by atoms with Crippen molar-refractivity contribution in [2.75, 3.05) is 39.8 Å². The highest BCUT2D eigenvalue weighted by Gasteiger charge is 2.00. The minimum absolute atomic E-state index is 0. The first kappa shape index (κ1) is 20.3. The Morgan fingerprint density at radius 2 is 1.61 bits per heavy atom. The maximum absolute atomic E-state index is 4.21. The van der Waals surface area contributed by atoms with Gasteiger partial charge in [0.1, 0.15) is 0 Å². The first-order valence-electron chi connectivity index (χ1n) is 6.95. The molecule has 0 atom stereocenters. The molecule has 110 valence electrons. The van der Waals surface area contributed by atoms with Gasteiger partial charge in [-0.1, -0.05) is 33.6 Å². The molecule has 0 heterocycles. The van der Waals surface area contributed by atoms with Crippen LogP contribution in [0.4, 0.5) is 0 Å². The molecule has 0 aromatic heterocycles. The number of unbranched alkanes of at least 4 members (excludes halogenated alkanes) is 2. The number of nitrogens with one attached hydrogen (secondary N) is 2. The fourth-order valence-corrected chi connectivity index (χ4v) is 1.67. The van der Waals surface area contributed by atoms with Crippen molar-refractivity contribution in [3.8, 4) is 0 Å². The van der Waals surface area contributed by atoms with Crippen molar-refractivity contribution in [2.45, 2.75) is 40.0 Å². The predicted molar refractivity (Wildman–Crippen MR) is 92.1 cm³/mol. The van der Waals surface area contributed by atoms with Crippen LogP contribution in [0.1, 0.15) is 40.0 Å². The van der Waals surface area contributed by atoms with Gasteiger partial charge in [-0.25, -0.2) is 0 Å². The molecule has 0 aliphatic carbocycles. The Morgan fingerprint density at radius 1 is 1.00 bits per heavy atom. The third-order valence-electron chi connectivity index (χ3n) is 2.91. The van der Waals surface area contributed by atoms with Crippen LogP contribution in [0.5, 0.6) is 0 Å². The highest BCUT2D eigenvalue weighted by atomic mass is 127. The molecule has 0 amide bonds. The van der Waals surface area contributed by atoms with Crippen molar-refractivity contribution in [1.82, 2.24) is 15.5 Å². The third-order valence-corrected chi connectivity index (χ3v) is 2.91. The van der Waals surface area contributed by atoms with Gasteiger partial charge in [0.2, 0.25) is 0 Å². The van der Waals surface area contributed by atoms with Crippen molar-refractivity contribution in [3.63, 3.8) is 0 Å². The van der Waals surface area contributed by atoms with E-state index in [0.29, 0.717) is 0 Å². The van der Waals surface area contributed by atoms with Gasteiger partial charge in [0, 0.05) is 26.7 Å². The van der Waals surface area contributed by atoms with E-state index in [1.807, 2.05) is 7.05 Å². The van der Waals surface area contributed by atoms with Gasteiger partial charge in [0.05, 0.1) is 0 Å². The molecule has 0 aliphatic heterocycles. The number of aliphatic imine (C=N–C) groups is 1. The van der Waals surface area contributed by atoms with Gasteiger partial charge in [-0.2, -0.15) is 0 Å². The van der Waals surface area contributed by atoms with Gasteiger partial charge < -0.3 is 15.5 Å². The summed E-state index contributed by atoms with van der Waals surface area (Å²) >= 11 is 0. The zero-order chi connectivity index (χ0) is 12.9. The molecule has 0 unspecified atom stereocenters. The quantitative estimate of drug-likeness (QED) is 0.283. The molecule has 0 rings (SSSR count). The molecule has 0 radical (unpaired) electrons. The largest absolute Gasteiger partial charge is 0.356 e. The zero-order valence-corrected chi connectivity index (χ0v) is 14.8. The van der Waals surface area contributed by atoms with Crippen molar-refractivity contribution >= 4 is 29.9 Å². The molecule has 2 N–H and O–H groups in total. The van der Waals surface area contributed by atoms with Gasteiger partial charge in [0.25, 0.3) is 0 Å². The molecule has 0 saturated carbocycles. The SMILES string of the molecule is CCCCCNC(=NC)NCCN(CC)CC.I. The molecule has 0 spiro atoms. The summed E-state index contributed by atoms with van der Waals surface area (Å²) in [5.74, 6) is 0.924. The van der Waals surface area contributed by atoms with E-state index in [-0.39, 0.29) is 24.0 Å². The highest BCUT2D eigenvalue weighted by molar-refractivity contribution is 14.0. The van der Waals surface area contributed by atoms with Crippen LogP contribution in [0, 0.1) is 0 Å². The van der Waals surface area contributed by atoms with E-state index in [2.05, 4.69) is 41.3 Å². The lowest BCUT2D eigenvalue weighted by Gasteiger charge is -2.19. The number of hydrogen-bond acceptors (Lipinski definition) is 2. The number of halogens is 1. The number of likely N-dealkylation sites (N-methyl/N-ethyl adjacent to an activating group) is 1. The second-order valence-corrected chi connectivity index (χ2v) is 4.16. The summed E-state index contributed by atoms with van der Waals surface area (Å²) in [6, 6.07) is 0. The van der Waals surface area contributed by atoms with E-state index >= 15 is 0 Å². The second-order valence-electron chi connectivity index (χ2n) is 4.16. The van der Waals surface area contributed by atoms with Crippen LogP contribution >= 0.6 is 24.0 Å². The maximum atomic E-state index is 4.21. The van der Waals surface area contributed by atoms with Crippen LogP contribution in [-0.4, -0.2) is 50.6 Å². The molecule has 4 nitrogen and oxygen atoms in total. The first-order chi connectivity index (χ1) is 8.28. The van der Waals surface area contributed by atoms with Crippen molar-refractivity contribution in [1.29, 1.82) is 0 Å². The zero-order valence-electron chi connectivity index (χ0n) is 12.5. The summed E-state index contributed by atoms with van der Waals surface area (Å²) < 4.78 is 0. The smallest absolute Gasteiger partial charge is 0.191 e. The predicted octanol–water partition coefficient (Wildman–Crippen LogP) is 2.30. The number of guanidine groups is 1. The van der Waals surface area contributed by atoms with Gasteiger partial charge in [-0.3, -0.25) is 4.99 Å². The molecule has 0 saturated heterocycles. The number of nitrogens with zero attached hydrogens (tertiary/aromatic N) is 2. The summed E-state index contributed by atoms with van der Waals surface area (Å²) in [4.78, 5) is 6.61. The molecular weight excluding hydrogens is 339 g/mol. The van der Waals surface area contributed by atoms with Crippen LogP contribution < -0.4 is 10.6 Å². The average Bonchev–Trinajstić information content (AvgIpc) is 2.37. The van der Waals surface area contributed by atoms with Gasteiger partial charge in [0.15, 0.2) is 5.96 Å². The molecule has 0 aromatic rings. The van der Waals surface area contributed by atoms with Gasteiger partial charge >= 0.3 is 0 Å². The van der Waals surface area contributed by atoms with E-state index in [1.165, 1.54) is 19.3 Å². The lowest BCUT2D eigenvalue weighted by atomic mass is 10.2. The molecule has 18 heavy (non-hydrogen) atoms.